The van der Waals surface area contributed by atoms with E-state index in [1.165, 1.54) is 36.4 Å². The van der Waals surface area contributed by atoms with Crippen molar-refractivity contribution >= 4 is 66.7 Å². The van der Waals surface area contributed by atoms with Gasteiger partial charge in [-0.15, -0.1) is 0 Å². The number of nitrogens with one attached hydrogen (secondary N) is 3. The fourth-order valence-electron chi connectivity index (χ4n) is 4.80. The molecule has 0 spiro atoms. The van der Waals surface area contributed by atoms with Crippen molar-refractivity contribution in [2.24, 2.45) is 0 Å². The fourth-order valence-corrected chi connectivity index (χ4v) is 6.73. The average Bonchev–Trinajstić information content (AvgIpc) is 2.91. The predicted molar refractivity (Wildman–Crippen MR) is 158 cm³/mol. The molecule has 0 radical (unpaired) electrons. The summed E-state index contributed by atoms with van der Waals surface area (Å²) < 4.78 is 28.4. The minimum atomic E-state index is -3.77. The molecule has 11 heteroatoms. The van der Waals surface area contributed by atoms with Crippen LogP contribution < -0.4 is 15.4 Å². The lowest BCUT2D eigenvalue weighted by Crippen LogP contribution is -2.45. The maximum absolute atomic E-state index is 12.6. The van der Waals surface area contributed by atoms with E-state index in [2.05, 4.69) is 31.3 Å². The summed E-state index contributed by atoms with van der Waals surface area (Å²) in [6.45, 7) is 0.220. The number of benzene rings is 3. The Balaban J connectivity index is 1.32. The zero-order valence-electron chi connectivity index (χ0n) is 21.0. The SMILES string of the molecule is O=C(CNC(=O)c1ccc(NS(=O)(=O)c2ccc(Br)cc2)cc1)NCC1(c2ccc(Cl)cc2Cl)CCCCC1. The molecule has 1 saturated carbocycles. The number of anilines is 1. The molecule has 0 bridgehead atoms. The van der Waals surface area contributed by atoms with Crippen LogP contribution in [0.4, 0.5) is 5.69 Å². The first-order chi connectivity index (χ1) is 18.6. The van der Waals surface area contributed by atoms with Gasteiger partial charge in [-0.05, 0) is 79.1 Å². The molecule has 2 amide bonds. The normalized spacial score (nSPS) is 14.8. The Bertz CT molecular complexity index is 1440. The lowest BCUT2D eigenvalue weighted by atomic mass is 9.69. The molecule has 4 rings (SSSR count). The van der Waals surface area contributed by atoms with Crippen LogP contribution in [0, 0.1) is 0 Å². The summed E-state index contributed by atoms with van der Waals surface area (Å²) in [7, 11) is -3.77. The number of rotatable bonds is 9. The van der Waals surface area contributed by atoms with Crippen molar-refractivity contribution in [2.75, 3.05) is 17.8 Å². The molecular weight excluding hydrogens is 625 g/mol. The van der Waals surface area contributed by atoms with Gasteiger partial charge in [-0.1, -0.05) is 64.5 Å². The van der Waals surface area contributed by atoms with Crippen molar-refractivity contribution in [2.45, 2.75) is 42.4 Å². The summed E-state index contributed by atoms with van der Waals surface area (Å²) in [5, 5.41) is 6.75. The number of sulfonamides is 1. The quantitative estimate of drug-likeness (QED) is 0.252. The van der Waals surface area contributed by atoms with Crippen LogP contribution in [0.5, 0.6) is 0 Å². The van der Waals surface area contributed by atoms with E-state index in [0.717, 1.165) is 42.1 Å². The fraction of sp³-hybridized carbons (Fsp3) is 0.286. The highest BCUT2D eigenvalue weighted by Crippen LogP contribution is 2.42. The molecule has 3 N–H and O–H groups in total. The van der Waals surface area contributed by atoms with E-state index in [0.29, 0.717) is 27.8 Å². The van der Waals surface area contributed by atoms with Crippen molar-refractivity contribution in [3.8, 4) is 0 Å². The van der Waals surface area contributed by atoms with Crippen molar-refractivity contribution < 1.29 is 18.0 Å². The molecule has 1 aliphatic rings. The van der Waals surface area contributed by atoms with E-state index in [1.807, 2.05) is 12.1 Å². The Morgan fingerprint density at radius 3 is 2.18 bits per heavy atom. The third-order valence-corrected chi connectivity index (χ3v) is 9.34. The van der Waals surface area contributed by atoms with Gasteiger partial charge in [-0.25, -0.2) is 8.42 Å². The second-order valence-corrected chi connectivity index (χ2v) is 13.0. The molecule has 3 aromatic rings. The summed E-state index contributed by atoms with van der Waals surface area (Å²) in [5.41, 5.74) is 1.31. The minimum Gasteiger partial charge on any atom is -0.354 e. The molecule has 0 saturated heterocycles. The summed E-state index contributed by atoms with van der Waals surface area (Å²) in [5.74, 6) is -0.752. The number of amides is 2. The summed E-state index contributed by atoms with van der Waals surface area (Å²) in [6, 6.07) is 17.7. The van der Waals surface area contributed by atoms with Gasteiger partial charge in [-0.3, -0.25) is 14.3 Å². The first-order valence-corrected chi connectivity index (χ1v) is 15.5. The van der Waals surface area contributed by atoms with E-state index in [1.54, 1.807) is 18.2 Å². The molecule has 0 unspecified atom stereocenters. The molecule has 1 fully saturated rings. The van der Waals surface area contributed by atoms with Gasteiger partial charge < -0.3 is 10.6 Å². The Hall–Kier alpha value is -2.59. The summed E-state index contributed by atoms with van der Waals surface area (Å²) >= 11 is 15.9. The van der Waals surface area contributed by atoms with Gasteiger partial charge in [0, 0.05) is 37.7 Å². The number of carbonyl (C=O) groups is 2. The zero-order valence-corrected chi connectivity index (χ0v) is 24.9. The molecule has 206 valence electrons. The van der Waals surface area contributed by atoms with E-state index < -0.39 is 15.9 Å². The van der Waals surface area contributed by atoms with E-state index in [-0.39, 0.29) is 22.8 Å². The van der Waals surface area contributed by atoms with Gasteiger partial charge in [0.1, 0.15) is 0 Å². The van der Waals surface area contributed by atoms with Gasteiger partial charge in [0.05, 0.1) is 11.4 Å². The molecule has 0 heterocycles. The first-order valence-electron chi connectivity index (χ1n) is 12.5. The molecule has 0 atom stereocenters. The number of carbonyl (C=O) groups excluding carboxylic acids is 2. The number of hydrogen-bond donors (Lipinski definition) is 3. The van der Waals surface area contributed by atoms with Crippen LogP contribution in [0.2, 0.25) is 10.0 Å². The summed E-state index contributed by atoms with van der Waals surface area (Å²) in [6.07, 6.45) is 5.03. The molecule has 1 aliphatic carbocycles. The number of halogens is 3. The average molecular weight is 653 g/mol. The molecule has 0 aromatic heterocycles. The Morgan fingerprint density at radius 2 is 1.54 bits per heavy atom. The lowest BCUT2D eigenvalue weighted by Gasteiger charge is -2.38. The van der Waals surface area contributed by atoms with Crippen LogP contribution in [0.15, 0.2) is 76.1 Å². The molecule has 39 heavy (non-hydrogen) atoms. The smallest absolute Gasteiger partial charge is 0.261 e. The largest absolute Gasteiger partial charge is 0.354 e. The van der Waals surface area contributed by atoms with Crippen LogP contribution in [-0.4, -0.2) is 33.3 Å². The van der Waals surface area contributed by atoms with Crippen molar-refractivity contribution in [3.63, 3.8) is 0 Å². The van der Waals surface area contributed by atoms with Gasteiger partial charge in [0.25, 0.3) is 15.9 Å². The second-order valence-electron chi connectivity index (χ2n) is 9.56. The second kappa shape index (κ2) is 12.7. The van der Waals surface area contributed by atoms with Gasteiger partial charge in [0.15, 0.2) is 0 Å². The van der Waals surface area contributed by atoms with Gasteiger partial charge >= 0.3 is 0 Å². The first kappa shape index (κ1) is 29.4. The van der Waals surface area contributed by atoms with Gasteiger partial charge in [-0.2, -0.15) is 0 Å². The van der Waals surface area contributed by atoms with Crippen LogP contribution in [0.3, 0.4) is 0 Å². The van der Waals surface area contributed by atoms with Gasteiger partial charge in [0.2, 0.25) is 5.91 Å². The van der Waals surface area contributed by atoms with Crippen LogP contribution in [0.25, 0.3) is 0 Å². The van der Waals surface area contributed by atoms with E-state index in [4.69, 9.17) is 23.2 Å². The van der Waals surface area contributed by atoms with E-state index in [9.17, 15) is 18.0 Å². The third kappa shape index (κ3) is 7.54. The number of hydrogen-bond acceptors (Lipinski definition) is 4. The van der Waals surface area contributed by atoms with Crippen molar-refractivity contribution in [3.05, 3.63) is 92.4 Å². The van der Waals surface area contributed by atoms with Crippen LogP contribution in [0.1, 0.15) is 48.0 Å². The molecule has 0 aliphatic heterocycles. The highest BCUT2D eigenvalue weighted by molar-refractivity contribution is 9.10. The van der Waals surface area contributed by atoms with Crippen molar-refractivity contribution in [1.29, 1.82) is 0 Å². The van der Waals surface area contributed by atoms with Crippen LogP contribution in [-0.2, 0) is 20.2 Å². The zero-order chi connectivity index (χ0) is 28.0. The topological polar surface area (TPSA) is 104 Å². The molecular formula is C28H28BrCl2N3O4S. The Kier molecular flexibility index (Phi) is 9.59. The standard InChI is InChI=1S/C28H28BrCl2N3O4S/c29-20-6-11-23(12-7-20)39(37,38)34-22-9-4-19(5-10-22)27(36)32-17-26(35)33-18-28(14-2-1-3-15-28)24-13-8-21(30)16-25(24)31/h4-13,16,34H,1-3,14-15,17-18H2,(H,32,36)(H,33,35). The molecule has 3 aromatic carbocycles. The third-order valence-electron chi connectivity index (χ3n) is 6.87. The highest BCUT2D eigenvalue weighted by atomic mass is 79.9. The molecule has 7 nitrogen and oxygen atoms in total. The van der Waals surface area contributed by atoms with Crippen molar-refractivity contribution in [1.82, 2.24) is 10.6 Å². The lowest BCUT2D eigenvalue weighted by molar-refractivity contribution is -0.120. The highest BCUT2D eigenvalue weighted by Gasteiger charge is 2.36. The summed E-state index contributed by atoms with van der Waals surface area (Å²) in [4.78, 5) is 25.4. The maximum Gasteiger partial charge on any atom is 0.261 e. The Labute approximate surface area is 246 Å². The van der Waals surface area contributed by atoms with E-state index >= 15 is 0 Å². The predicted octanol–water partition coefficient (Wildman–Crippen LogP) is 6.30. The Morgan fingerprint density at radius 1 is 0.872 bits per heavy atom. The van der Waals surface area contributed by atoms with Crippen LogP contribution >= 0.6 is 39.1 Å². The maximum atomic E-state index is 12.6. The monoisotopic (exact) mass is 651 g/mol. The minimum absolute atomic E-state index is 0.117.